The van der Waals surface area contributed by atoms with Crippen molar-refractivity contribution in [2.24, 2.45) is 0 Å². The van der Waals surface area contributed by atoms with Crippen LogP contribution in [0, 0.1) is 0 Å². The standard InChI is InChI=1S/C13H22N2O3S/c1-9(7-11(16)12-5-4-6-18-12)14-13(17)15-10(2)8-19-3/h4-6,9-11,16H,7-8H2,1-3H3,(H2,14,15,17). The number of nitrogens with one attached hydrogen (secondary N) is 2. The first kappa shape index (κ1) is 15.9. The van der Waals surface area contributed by atoms with Gasteiger partial charge in [-0.05, 0) is 32.2 Å². The number of urea groups is 1. The number of aliphatic hydroxyl groups is 1. The fourth-order valence-corrected chi connectivity index (χ4v) is 2.36. The molecule has 6 heteroatoms. The Morgan fingerprint density at radius 1 is 1.42 bits per heavy atom. The molecule has 0 aliphatic heterocycles. The quantitative estimate of drug-likeness (QED) is 0.718. The summed E-state index contributed by atoms with van der Waals surface area (Å²) in [7, 11) is 0. The molecule has 0 radical (unpaired) electrons. The van der Waals surface area contributed by atoms with Gasteiger partial charge in [-0.1, -0.05) is 0 Å². The number of aliphatic hydroxyl groups excluding tert-OH is 1. The third-order valence-corrected chi connectivity index (χ3v) is 3.45. The molecule has 3 unspecified atom stereocenters. The highest BCUT2D eigenvalue weighted by atomic mass is 32.2. The van der Waals surface area contributed by atoms with Gasteiger partial charge in [-0.25, -0.2) is 4.79 Å². The molecule has 3 atom stereocenters. The zero-order valence-corrected chi connectivity index (χ0v) is 12.4. The van der Waals surface area contributed by atoms with Gasteiger partial charge in [0.1, 0.15) is 11.9 Å². The molecule has 3 N–H and O–H groups in total. The molecule has 0 saturated carbocycles. The number of hydrogen-bond acceptors (Lipinski definition) is 4. The Morgan fingerprint density at radius 3 is 2.68 bits per heavy atom. The van der Waals surface area contributed by atoms with Crippen molar-refractivity contribution in [3.63, 3.8) is 0 Å². The van der Waals surface area contributed by atoms with Gasteiger partial charge >= 0.3 is 6.03 Å². The number of carbonyl (C=O) groups is 1. The maximum atomic E-state index is 11.7. The topological polar surface area (TPSA) is 74.5 Å². The Hall–Kier alpha value is -1.14. The Morgan fingerprint density at radius 2 is 2.11 bits per heavy atom. The molecule has 0 bridgehead atoms. The molecule has 2 amide bonds. The number of amides is 2. The van der Waals surface area contributed by atoms with Gasteiger partial charge in [0.25, 0.3) is 0 Å². The number of furan rings is 1. The van der Waals surface area contributed by atoms with Gasteiger partial charge in [-0.15, -0.1) is 0 Å². The maximum absolute atomic E-state index is 11.7. The van der Waals surface area contributed by atoms with Crippen molar-refractivity contribution in [1.29, 1.82) is 0 Å². The summed E-state index contributed by atoms with van der Waals surface area (Å²) in [5.74, 6) is 1.39. The molecule has 0 spiro atoms. The van der Waals surface area contributed by atoms with Crippen LogP contribution in [0.5, 0.6) is 0 Å². The molecule has 0 saturated heterocycles. The molecule has 19 heavy (non-hydrogen) atoms. The van der Waals surface area contributed by atoms with Crippen LogP contribution < -0.4 is 10.6 Å². The molecule has 0 aliphatic carbocycles. The molecular formula is C13H22N2O3S. The van der Waals surface area contributed by atoms with Crippen molar-refractivity contribution >= 4 is 17.8 Å². The second kappa shape index (κ2) is 8.12. The van der Waals surface area contributed by atoms with E-state index < -0.39 is 6.10 Å². The second-order valence-corrected chi connectivity index (χ2v) is 5.55. The van der Waals surface area contributed by atoms with Gasteiger partial charge in [0.05, 0.1) is 6.26 Å². The predicted octanol–water partition coefficient (Wildman–Crippen LogP) is 2.14. The number of hydrogen-bond donors (Lipinski definition) is 3. The van der Waals surface area contributed by atoms with Crippen LogP contribution in [0.3, 0.4) is 0 Å². The van der Waals surface area contributed by atoms with E-state index in [9.17, 15) is 9.90 Å². The molecule has 5 nitrogen and oxygen atoms in total. The first-order chi connectivity index (χ1) is 9.02. The van der Waals surface area contributed by atoms with E-state index in [2.05, 4.69) is 10.6 Å². The SMILES string of the molecule is CSCC(C)NC(=O)NC(C)CC(O)c1ccco1. The number of carbonyl (C=O) groups excluding carboxylic acids is 1. The molecule has 108 valence electrons. The molecule has 0 aliphatic rings. The molecule has 1 rings (SSSR count). The van der Waals surface area contributed by atoms with Gasteiger partial charge in [0.2, 0.25) is 0 Å². The van der Waals surface area contributed by atoms with Crippen molar-refractivity contribution in [3.8, 4) is 0 Å². The lowest BCUT2D eigenvalue weighted by atomic mass is 10.1. The minimum absolute atomic E-state index is 0.122. The summed E-state index contributed by atoms with van der Waals surface area (Å²) in [5, 5.41) is 15.5. The van der Waals surface area contributed by atoms with E-state index in [1.54, 1.807) is 23.9 Å². The van der Waals surface area contributed by atoms with Gasteiger partial charge in [0, 0.05) is 24.3 Å². The van der Waals surface area contributed by atoms with Crippen LogP contribution in [0.4, 0.5) is 4.79 Å². The zero-order valence-electron chi connectivity index (χ0n) is 11.6. The van der Waals surface area contributed by atoms with Gasteiger partial charge < -0.3 is 20.2 Å². The van der Waals surface area contributed by atoms with Crippen molar-refractivity contribution in [3.05, 3.63) is 24.2 Å². The summed E-state index contributed by atoms with van der Waals surface area (Å²) in [5.41, 5.74) is 0. The van der Waals surface area contributed by atoms with E-state index in [1.807, 2.05) is 20.1 Å². The highest BCUT2D eigenvalue weighted by molar-refractivity contribution is 7.98. The van der Waals surface area contributed by atoms with Crippen LogP contribution >= 0.6 is 11.8 Å². The zero-order chi connectivity index (χ0) is 14.3. The first-order valence-electron chi connectivity index (χ1n) is 6.30. The Kier molecular flexibility index (Phi) is 6.80. The number of thioether (sulfide) groups is 1. The van der Waals surface area contributed by atoms with Crippen LogP contribution in [0.15, 0.2) is 22.8 Å². The summed E-state index contributed by atoms with van der Waals surface area (Å²) < 4.78 is 5.12. The van der Waals surface area contributed by atoms with Crippen LogP contribution in [-0.4, -0.2) is 35.2 Å². The summed E-state index contributed by atoms with van der Waals surface area (Å²) in [4.78, 5) is 11.7. The minimum atomic E-state index is -0.700. The van der Waals surface area contributed by atoms with Crippen LogP contribution in [0.2, 0.25) is 0 Å². The molecule has 1 aromatic rings. The van der Waals surface area contributed by atoms with Crippen molar-refractivity contribution < 1.29 is 14.3 Å². The highest BCUT2D eigenvalue weighted by Gasteiger charge is 2.16. The lowest BCUT2D eigenvalue weighted by Gasteiger charge is -2.19. The second-order valence-electron chi connectivity index (χ2n) is 4.64. The van der Waals surface area contributed by atoms with Gasteiger partial charge in [-0.3, -0.25) is 0 Å². The lowest BCUT2D eigenvalue weighted by Crippen LogP contribution is -2.45. The normalized spacial score (nSPS) is 15.6. The number of rotatable bonds is 7. The van der Waals surface area contributed by atoms with Crippen LogP contribution in [0.25, 0.3) is 0 Å². The van der Waals surface area contributed by atoms with E-state index in [4.69, 9.17) is 4.42 Å². The Balaban J connectivity index is 2.30. The third-order valence-electron chi connectivity index (χ3n) is 2.62. The molecule has 0 fully saturated rings. The maximum Gasteiger partial charge on any atom is 0.315 e. The van der Waals surface area contributed by atoms with E-state index in [1.165, 1.54) is 6.26 Å². The van der Waals surface area contributed by atoms with Crippen LogP contribution in [0.1, 0.15) is 32.1 Å². The van der Waals surface area contributed by atoms with Gasteiger partial charge in [-0.2, -0.15) is 11.8 Å². The fourth-order valence-electron chi connectivity index (χ4n) is 1.77. The summed E-state index contributed by atoms with van der Waals surface area (Å²) in [6.07, 6.45) is 3.23. The summed E-state index contributed by atoms with van der Waals surface area (Å²) in [6, 6.07) is 3.23. The van der Waals surface area contributed by atoms with E-state index in [-0.39, 0.29) is 18.1 Å². The lowest BCUT2D eigenvalue weighted by molar-refractivity contribution is 0.129. The first-order valence-corrected chi connectivity index (χ1v) is 7.69. The minimum Gasteiger partial charge on any atom is -0.467 e. The monoisotopic (exact) mass is 286 g/mol. The highest BCUT2D eigenvalue weighted by Crippen LogP contribution is 2.18. The Labute approximate surface area is 118 Å². The van der Waals surface area contributed by atoms with E-state index in [0.717, 1.165) is 5.75 Å². The molecule has 1 heterocycles. The van der Waals surface area contributed by atoms with E-state index >= 15 is 0 Å². The molecule has 1 aromatic heterocycles. The average Bonchev–Trinajstić information content (AvgIpc) is 2.81. The molecular weight excluding hydrogens is 264 g/mol. The van der Waals surface area contributed by atoms with E-state index in [0.29, 0.717) is 12.2 Å². The van der Waals surface area contributed by atoms with Gasteiger partial charge in [0.15, 0.2) is 0 Å². The largest absolute Gasteiger partial charge is 0.467 e. The summed E-state index contributed by atoms with van der Waals surface area (Å²) >= 11 is 1.68. The predicted molar refractivity (Wildman–Crippen MR) is 77.3 cm³/mol. The Bertz CT molecular complexity index is 370. The fraction of sp³-hybridized carbons (Fsp3) is 0.615. The van der Waals surface area contributed by atoms with Crippen molar-refractivity contribution in [2.45, 2.75) is 38.5 Å². The average molecular weight is 286 g/mol. The summed E-state index contributed by atoms with van der Waals surface area (Å²) in [6.45, 7) is 3.81. The van der Waals surface area contributed by atoms with Crippen LogP contribution in [-0.2, 0) is 0 Å². The van der Waals surface area contributed by atoms with Crippen molar-refractivity contribution in [2.75, 3.05) is 12.0 Å². The molecule has 0 aromatic carbocycles. The van der Waals surface area contributed by atoms with Crippen molar-refractivity contribution in [1.82, 2.24) is 10.6 Å². The third kappa shape index (κ3) is 6.02. The smallest absolute Gasteiger partial charge is 0.315 e.